The molecule has 0 aliphatic carbocycles. The van der Waals surface area contributed by atoms with Crippen LogP contribution < -0.4 is 10.6 Å². The van der Waals surface area contributed by atoms with Gasteiger partial charge in [0.25, 0.3) is 0 Å². The maximum atomic E-state index is 12.7. The molecular formula is C23H27ClN6O2. The number of aromatic nitrogens is 3. The number of Topliss-reactive ketones (excluding diaryl/α,β-unsaturated/α-hetero) is 1. The van der Waals surface area contributed by atoms with Crippen molar-refractivity contribution < 1.29 is 9.53 Å². The van der Waals surface area contributed by atoms with Crippen molar-refractivity contribution in [3.8, 4) is 17.3 Å². The first-order valence-corrected chi connectivity index (χ1v) is 11.4. The van der Waals surface area contributed by atoms with Crippen molar-refractivity contribution in [2.75, 3.05) is 38.2 Å². The van der Waals surface area contributed by atoms with Crippen molar-refractivity contribution in [3.63, 3.8) is 0 Å². The maximum absolute atomic E-state index is 12.7. The molecule has 4 heterocycles. The number of hydrogen-bond donors (Lipinski definition) is 2. The summed E-state index contributed by atoms with van der Waals surface area (Å²) < 4.78 is 5.39. The third kappa shape index (κ3) is 5.41. The van der Waals surface area contributed by atoms with Crippen LogP contribution in [0.4, 0.5) is 5.82 Å². The first-order valence-electron chi connectivity index (χ1n) is 11.0. The van der Waals surface area contributed by atoms with Gasteiger partial charge in [0.05, 0.1) is 34.6 Å². The van der Waals surface area contributed by atoms with Gasteiger partial charge in [-0.2, -0.15) is 5.26 Å². The lowest BCUT2D eigenvalue weighted by atomic mass is 9.82. The zero-order valence-corrected chi connectivity index (χ0v) is 18.7. The molecule has 0 radical (unpaired) electrons. The molecule has 0 saturated carbocycles. The van der Waals surface area contributed by atoms with Crippen molar-refractivity contribution in [2.24, 2.45) is 11.3 Å². The van der Waals surface area contributed by atoms with E-state index in [1.54, 1.807) is 18.6 Å². The third-order valence-electron chi connectivity index (χ3n) is 6.23. The number of pyridine rings is 1. The van der Waals surface area contributed by atoms with Gasteiger partial charge in [0.2, 0.25) is 0 Å². The number of ether oxygens (including phenoxy) is 1. The van der Waals surface area contributed by atoms with Gasteiger partial charge >= 0.3 is 0 Å². The summed E-state index contributed by atoms with van der Waals surface area (Å²) in [6, 6.07) is 4.26. The predicted molar refractivity (Wildman–Crippen MR) is 121 cm³/mol. The van der Waals surface area contributed by atoms with Crippen molar-refractivity contribution in [3.05, 3.63) is 35.4 Å². The molecule has 8 nitrogen and oxygen atoms in total. The van der Waals surface area contributed by atoms with Crippen LogP contribution in [0.2, 0.25) is 5.02 Å². The first kappa shape index (κ1) is 22.6. The summed E-state index contributed by atoms with van der Waals surface area (Å²) in [4.78, 5) is 26.0. The summed E-state index contributed by atoms with van der Waals surface area (Å²) in [6.07, 6.45) is 8.41. The van der Waals surface area contributed by atoms with Crippen LogP contribution >= 0.6 is 11.6 Å². The van der Waals surface area contributed by atoms with Crippen LogP contribution in [0.15, 0.2) is 24.7 Å². The van der Waals surface area contributed by atoms with Gasteiger partial charge < -0.3 is 15.4 Å². The predicted octanol–water partition coefficient (Wildman–Crippen LogP) is 3.04. The maximum Gasteiger partial charge on any atom is 0.145 e. The molecule has 2 aromatic rings. The van der Waals surface area contributed by atoms with Gasteiger partial charge in [0.15, 0.2) is 0 Å². The highest BCUT2D eigenvalue weighted by atomic mass is 35.5. The van der Waals surface area contributed by atoms with Crippen LogP contribution in [0, 0.1) is 22.7 Å². The Kier molecular flexibility index (Phi) is 7.30. The van der Waals surface area contributed by atoms with E-state index in [1.165, 1.54) is 0 Å². The Bertz CT molecular complexity index is 996. The fraction of sp³-hybridized carbons (Fsp3) is 0.522. The van der Waals surface area contributed by atoms with Crippen LogP contribution in [-0.2, 0) is 16.0 Å². The molecule has 4 rings (SSSR count). The van der Waals surface area contributed by atoms with Gasteiger partial charge in [0, 0.05) is 56.1 Å². The van der Waals surface area contributed by atoms with Crippen molar-refractivity contribution in [2.45, 2.75) is 32.1 Å². The molecule has 0 amide bonds. The lowest BCUT2D eigenvalue weighted by Gasteiger charge is -2.30. The molecule has 9 heteroatoms. The molecule has 0 unspecified atom stereocenters. The third-order valence-corrected chi connectivity index (χ3v) is 6.53. The Hall–Kier alpha value is -2.60. The van der Waals surface area contributed by atoms with Gasteiger partial charge in [-0.25, -0.2) is 4.98 Å². The number of nitrogens with one attached hydrogen (secondary N) is 2. The molecule has 2 aliphatic rings. The highest BCUT2D eigenvalue weighted by Crippen LogP contribution is 2.31. The molecule has 32 heavy (non-hydrogen) atoms. The lowest BCUT2D eigenvalue weighted by molar-refractivity contribution is -0.122. The number of ketones is 1. The largest absolute Gasteiger partial charge is 0.381 e. The molecule has 2 aliphatic heterocycles. The van der Waals surface area contributed by atoms with Gasteiger partial charge in [-0.3, -0.25) is 14.8 Å². The van der Waals surface area contributed by atoms with Gasteiger partial charge in [-0.15, -0.1) is 0 Å². The van der Waals surface area contributed by atoms with Crippen molar-refractivity contribution in [1.82, 2.24) is 20.3 Å². The standard InChI is InChI=1S/C23H27ClN6O2/c24-19-11-28-17(9-21(31)16-2-1-5-26-10-16)8-18(19)20-12-27-13-22(30-20)29-15-23(14-25)3-6-32-7-4-23/h8,11-13,16,26H,1-7,9-10,15H2,(H,29,30)/t16-/m1/s1. The number of hydrogen-bond acceptors (Lipinski definition) is 8. The molecule has 1 atom stereocenters. The highest BCUT2D eigenvalue weighted by Gasteiger charge is 2.32. The topological polar surface area (TPSA) is 113 Å². The number of halogens is 1. The minimum atomic E-state index is -0.467. The summed E-state index contributed by atoms with van der Waals surface area (Å²) in [5, 5.41) is 16.6. The van der Waals surface area contributed by atoms with Gasteiger partial charge in [-0.05, 0) is 38.3 Å². The number of piperidine rings is 1. The summed E-state index contributed by atoms with van der Waals surface area (Å²) in [5.41, 5.74) is 1.48. The number of nitriles is 1. The van der Waals surface area contributed by atoms with E-state index in [-0.39, 0.29) is 18.1 Å². The zero-order valence-electron chi connectivity index (χ0n) is 17.9. The Morgan fingerprint density at radius 2 is 2.19 bits per heavy atom. The fourth-order valence-corrected chi connectivity index (χ4v) is 4.36. The Labute approximate surface area is 192 Å². The number of carbonyl (C=O) groups excluding carboxylic acids is 1. The van der Waals surface area contributed by atoms with E-state index in [2.05, 4.69) is 31.7 Å². The molecule has 2 N–H and O–H groups in total. The second-order valence-corrected chi connectivity index (χ2v) is 8.90. The summed E-state index contributed by atoms with van der Waals surface area (Å²) in [6.45, 7) is 3.36. The van der Waals surface area contributed by atoms with E-state index in [0.29, 0.717) is 60.4 Å². The summed E-state index contributed by atoms with van der Waals surface area (Å²) >= 11 is 6.41. The van der Waals surface area contributed by atoms with E-state index in [1.807, 2.05) is 6.07 Å². The average molecular weight is 455 g/mol. The van der Waals surface area contributed by atoms with E-state index >= 15 is 0 Å². The number of anilines is 1. The Balaban J connectivity index is 1.48. The number of rotatable bonds is 7. The van der Waals surface area contributed by atoms with E-state index < -0.39 is 5.41 Å². The molecular weight excluding hydrogens is 428 g/mol. The van der Waals surface area contributed by atoms with Crippen LogP contribution in [0.5, 0.6) is 0 Å². The van der Waals surface area contributed by atoms with Crippen molar-refractivity contribution in [1.29, 1.82) is 5.26 Å². The quantitative estimate of drug-likeness (QED) is 0.656. The van der Waals surface area contributed by atoms with Crippen LogP contribution in [-0.4, -0.2) is 53.6 Å². The summed E-state index contributed by atoms with van der Waals surface area (Å²) in [5.74, 6) is 0.801. The zero-order chi connectivity index (χ0) is 22.4. The molecule has 2 fully saturated rings. The second-order valence-electron chi connectivity index (χ2n) is 8.49. The number of carbonyl (C=O) groups is 1. The molecule has 2 saturated heterocycles. The van der Waals surface area contributed by atoms with Crippen LogP contribution in [0.25, 0.3) is 11.3 Å². The van der Waals surface area contributed by atoms with Crippen LogP contribution in [0.3, 0.4) is 0 Å². The van der Waals surface area contributed by atoms with E-state index in [9.17, 15) is 10.1 Å². The highest BCUT2D eigenvalue weighted by molar-refractivity contribution is 6.33. The van der Waals surface area contributed by atoms with E-state index in [4.69, 9.17) is 16.3 Å². The minimum Gasteiger partial charge on any atom is -0.381 e. The molecule has 0 bridgehead atoms. The molecule has 0 spiro atoms. The summed E-state index contributed by atoms with van der Waals surface area (Å²) in [7, 11) is 0. The van der Waals surface area contributed by atoms with Gasteiger partial charge in [-0.1, -0.05) is 11.6 Å². The first-order chi connectivity index (χ1) is 15.6. The van der Waals surface area contributed by atoms with Crippen molar-refractivity contribution >= 4 is 23.2 Å². The normalized spacial score (nSPS) is 20.3. The Morgan fingerprint density at radius 1 is 1.34 bits per heavy atom. The average Bonchev–Trinajstić information content (AvgIpc) is 2.85. The molecule has 168 valence electrons. The number of nitrogens with zero attached hydrogens (tertiary/aromatic N) is 4. The van der Waals surface area contributed by atoms with Gasteiger partial charge in [0.1, 0.15) is 11.6 Å². The lowest BCUT2D eigenvalue weighted by Crippen LogP contribution is -2.35. The minimum absolute atomic E-state index is 0.0367. The molecule has 0 aromatic carbocycles. The SMILES string of the molecule is N#CC1(CNc2cncc(-c3cc(CC(=O)[C@@H]4CCCNC4)ncc3Cl)n2)CCOCC1. The van der Waals surface area contributed by atoms with Crippen LogP contribution in [0.1, 0.15) is 31.4 Å². The Morgan fingerprint density at radius 3 is 2.94 bits per heavy atom. The molecule has 2 aromatic heterocycles. The van der Waals surface area contributed by atoms with E-state index in [0.717, 1.165) is 25.9 Å². The smallest absolute Gasteiger partial charge is 0.145 e. The fourth-order valence-electron chi connectivity index (χ4n) is 4.16. The second kappa shape index (κ2) is 10.3. The monoisotopic (exact) mass is 454 g/mol.